The Morgan fingerprint density at radius 3 is 2.59 bits per heavy atom. The number of nitrogens with one attached hydrogen (secondary N) is 1. The van der Waals surface area contributed by atoms with Crippen molar-refractivity contribution in [2.24, 2.45) is 5.73 Å². The number of nitrogens with zero attached hydrogens (tertiary/aromatic N) is 1. The third-order valence-corrected chi connectivity index (χ3v) is 3.11. The van der Waals surface area contributed by atoms with Gasteiger partial charge in [-0.3, -0.25) is 0 Å². The zero-order valence-corrected chi connectivity index (χ0v) is 9.93. The van der Waals surface area contributed by atoms with Crippen LogP contribution in [0.3, 0.4) is 0 Å². The second-order valence-corrected chi connectivity index (χ2v) is 4.47. The molecule has 0 saturated carbocycles. The molecule has 0 atom stereocenters. The van der Waals surface area contributed by atoms with Gasteiger partial charge in [0.05, 0.1) is 0 Å². The molecular weight excluding hydrogens is 214 g/mol. The van der Waals surface area contributed by atoms with Crippen molar-refractivity contribution < 1.29 is 4.79 Å². The van der Waals surface area contributed by atoms with Crippen LogP contribution >= 0.6 is 0 Å². The van der Waals surface area contributed by atoms with Gasteiger partial charge in [0.25, 0.3) is 0 Å². The van der Waals surface area contributed by atoms with Crippen molar-refractivity contribution in [2.45, 2.75) is 25.4 Å². The molecule has 1 aromatic rings. The first-order valence-corrected chi connectivity index (χ1v) is 6.08. The van der Waals surface area contributed by atoms with E-state index in [9.17, 15) is 4.79 Å². The Balaban J connectivity index is 1.78. The molecule has 1 heterocycles. The van der Waals surface area contributed by atoms with Gasteiger partial charge in [0, 0.05) is 25.7 Å². The summed E-state index contributed by atoms with van der Waals surface area (Å²) < 4.78 is 0. The van der Waals surface area contributed by atoms with E-state index in [4.69, 9.17) is 5.73 Å². The highest BCUT2D eigenvalue weighted by molar-refractivity contribution is 5.74. The van der Waals surface area contributed by atoms with Crippen LogP contribution in [-0.2, 0) is 6.54 Å². The number of hydrogen-bond donors (Lipinski definition) is 2. The molecule has 4 nitrogen and oxygen atoms in total. The maximum absolute atomic E-state index is 11.9. The van der Waals surface area contributed by atoms with Gasteiger partial charge in [0.15, 0.2) is 0 Å². The minimum atomic E-state index is 0.0146. The van der Waals surface area contributed by atoms with Crippen LogP contribution in [-0.4, -0.2) is 30.1 Å². The number of carbonyl (C=O) groups excluding carboxylic acids is 1. The first kappa shape index (κ1) is 11.9. The number of rotatable bonds is 2. The van der Waals surface area contributed by atoms with Gasteiger partial charge in [-0.15, -0.1) is 0 Å². The van der Waals surface area contributed by atoms with Crippen molar-refractivity contribution in [3.63, 3.8) is 0 Å². The lowest BCUT2D eigenvalue weighted by molar-refractivity contribution is 0.181. The lowest BCUT2D eigenvalue weighted by Crippen LogP contribution is -2.46. The van der Waals surface area contributed by atoms with Gasteiger partial charge in [-0.25, -0.2) is 4.79 Å². The first-order valence-electron chi connectivity index (χ1n) is 6.08. The Labute approximate surface area is 102 Å². The van der Waals surface area contributed by atoms with Crippen molar-refractivity contribution >= 4 is 6.03 Å². The maximum atomic E-state index is 11.9. The fourth-order valence-corrected chi connectivity index (χ4v) is 1.99. The third kappa shape index (κ3) is 3.46. The monoisotopic (exact) mass is 233 g/mol. The smallest absolute Gasteiger partial charge is 0.317 e. The van der Waals surface area contributed by atoms with E-state index in [1.165, 1.54) is 0 Å². The summed E-state index contributed by atoms with van der Waals surface area (Å²) in [6.07, 6.45) is 1.80. The average molecular weight is 233 g/mol. The maximum Gasteiger partial charge on any atom is 0.317 e. The lowest BCUT2D eigenvalue weighted by atomic mass is 10.1. The zero-order valence-electron chi connectivity index (χ0n) is 9.93. The van der Waals surface area contributed by atoms with E-state index >= 15 is 0 Å². The van der Waals surface area contributed by atoms with Crippen LogP contribution in [0.25, 0.3) is 0 Å². The van der Waals surface area contributed by atoms with Crippen LogP contribution in [0.1, 0.15) is 18.4 Å². The molecule has 0 unspecified atom stereocenters. The predicted octanol–water partition coefficient (Wildman–Crippen LogP) is 1.32. The predicted molar refractivity (Wildman–Crippen MR) is 67.5 cm³/mol. The highest BCUT2D eigenvalue weighted by Gasteiger charge is 2.19. The third-order valence-electron chi connectivity index (χ3n) is 3.11. The van der Waals surface area contributed by atoms with Gasteiger partial charge in [-0.2, -0.15) is 0 Å². The van der Waals surface area contributed by atoms with Crippen LogP contribution < -0.4 is 11.1 Å². The van der Waals surface area contributed by atoms with Gasteiger partial charge in [0.2, 0.25) is 0 Å². The Kier molecular flexibility index (Phi) is 3.98. The molecule has 0 aliphatic carbocycles. The number of amides is 2. The van der Waals surface area contributed by atoms with E-state index in [2.05, 4.69) is 5.32 Å². The van der Waals surface area contributed by atoms with Crippen molar-refractivity contribution in [3.05, 3.63) is 35.9 Å². The molecule has 0 aromatic heterocycles. The number of likely N-dealkylation sites (tertiary alicyclic amines) is 1. The molecule has 3 N–H and O–H groups in total. The standard InChI is InChI=1S/C13H19N3O/c14-12-6-8-16(9-7-12)13(17)15-10-11-4-2-1-3-5-11/h1-5,12H,6-10,14H2,(H,15,17). The molecule has 1 fully saturated rings. The molecule has 2 rings (SSSR count). The van der Waals surface area contributed by atoms with Crippen LogP contribution in [0, 0.1) is 0 Å². The number of urea groups is 1. The molecular formula is C13H19N3O. The van der Waals surface area contributed by atoms with Gasteiger partial charge in [-0.05, 0) is 18.4 Å². The van der Waals surface area contributed by atoms with Crippen LogP contribution in [0.15, 0.2) is 30.3 Å². The van der Waals surface area contributed by atoms with Gasteiger partial charge in [-0.1, -0.05) is 30.3 Å². The summed E-state index contributed by atoms with van der Waals surface area (Å²) in [5.74, 6) is 0. The van der Waals surface area contributed by atoms with E-state index in [1.807, 2.05) is 35.2 Å². The van der Waals surface area contributed by atoms with Gasteiger partial charge >= 0.3 is 6.03 Å². The molecule has 92 valence electrons. The number of piperidine rings is 1. The van der Waals surface area contributed by atoms with E-state index in [-0.39, 0.29) is 12.1 Å². The Hall–Kier alpha value is -1.55. The lowest BCUT2D eigenvalue weighted by Gasteiger charge is -2.30. The van der Waals surface area contributed by atoms with Crippen LogP contribution in [0.2, 0.25) is 0 Å². The summed E-state index contributed by atoms with van der Waals surface area (Å²) in [6.45, 7) is 2.12. The van der Waals surface area contributed by atoms with Crippen molar-refractivity contribution in [1.29, 1.82) is 0 Å². The van der Waals surface area contributed by atoms with Crippen molar-refractivity contribution in [1.82, 2.24) is 10.2 Å². The minimum Gasteiger partial charge on any atom is -0.334 e. The van der Waals surface area contributed by atoms with E-state index in [0.717, 1.165) is 31.5 Å². The van der Waals surface area contributed by atoms with E-state index < -0.39 is 0 Å². The normalized spacial score (nSPS) is 16.9. The highest BCUT2D eigenvalue weighted by Crippen LogP contribution is 2.08. The summed E-state index contributed by atoms with van der Waals surface area (Å²) >= 11 is 0. The molecule has 0 bridgehead atoms. The fraction of sp³-hybridized carbons (Fsp3) is 0.462. The average Bonchev–Trinajstić information content (AvgIpc) is 2.38. The Morgan fingerprint density at radius 2 is 1.94 bits per heavy atom. The summed E-state index contributed by atoms with van der Waals surface area (Å²) in [4.78, 5) is 13.7. The largest absolute Gasteiger partial charge is 0.334 e. The topological polar surface area (TPSA) is 58.4 Å². The summed E-state index contributed by atoms with van der Waals surface area (Å²) in [7, 11) is 0. The first-order chi connectivity index (χ1) is 8.25. The highest BCUT2D eigenvalue weighted by atomic mass is 16.2. The fourth-order valence-electron chi connectivity index (χ4n) is 1.99. The number of carbonyl (C=O) groups is 1. The Bertz CT molecular complexity index is 358. The number of hydrogen-bond acceptors (Lipinski definition) is 2. The van der Waals surface area contributed by atoms with Gasteiger partial charge < -0.3 is 16.0 Å². The van der Waals surface area contributed by atoms with Crippen molar-refractivity contribution in [2.75, 3.05) is 13.1 Å². The molecule has 17 heavy (non-hydrogen) atoms. The number of benzene rings is 1. The molecule has 0 radical (unpaired) electrons. The Morgan fingerprint density at radius 1 is 1.29 bits per heavy atom. The van der Waals surface area contributed by atoms with E-state index in [0.29, 0.717) is 6.54 Å². The second-order valence-electron chi connectivity index (χ2n) is 4.47. The van der Waals surface area contributed by atoms with Crippen LogP contribution in [0.5, 0.6) is 0 Å². The molecule has 4 heteroatoms. The van der Waals surface area contributed by atoms with Gasteiger partial charge in [0.1, 0.15) is 0 Å². The molecule has 1 aliphatic heterocycles. The molecule has 2 amide bonds. The van der Waals surface area contributed by atoms with E-state index in [1.54, 1.807) is 0 Å². The second kappa shape index (κ2) is 5.68. The van der Waals surface area contributed by atoms with Crippen molar-refractivity contribution in [3.8, 4) is 0 Å². The SMILES string of the molecule is NC1CCN(C(=O)NCc2ccccc2)CC1. The minimum absolute atomic E-state index is 0.0146. The summed E-state index contributed by atoms with van der Waals surface area (Å²) in [6, 6.07) is 10.2. The summed E-state index contributed by atoms with van der Waals surface area (Å²) in [5.41, 5.74) is 6.92. The molecule has 1 aromatic carbocycles. The number of nitrogens with two attached hydrogens (primary N) is 1. The summed E-state index contributed by atoms with van der Waals surface area (Å²) in [5, 5.41) is 2.93. The van der Waals surface area contributed by atoms with Crippen LogP contribution in [0.4, 0.5) is 4.79 Å². The zero-order chi connectivity index (χ0) is 12.1. The quantitative estimate of drug-likeness (QED) is 0.809. The molecule has 0 spiro atoms. The molecule has 1 saturated heterocycles. The molecule has 1 aliphatic rings.